The largest absolute Gasteiger partial charge is 0.327 e. The van der Waals surface area contributed by atoms with Gasteiger partial charge in [-0.3, -0.25) is 0 Å². The van der Waals surface area contributed by atoms with Crippen LogP contribution in [0.5, 0.6) is 0 Å². The van der Waals surface area contributed by atoms with Gasteiger partial charge in [0.15, 0.2) is 9.84 Å². The Labute approximate surface area is 131 Å². The van der Waals surface area contributed by atoms with E-state index in [0.29, 0.717) is 11.8 Å². The molecule has 0 aliphatic heterocycles. The number of rotatable bonds is 2. The average molecular weight is 316 g/mol. The highest BCUT2D eigenvalue weighted by atomic mass is 32.2. The molecule has 4 heteroatoms. The third kappa shape index (κ3) is 3.82. The molecule has 0 saturated heterocycles. The number of hydrogen-bond acceptors (Lipinski definition) is 3. The Hall–Kier alpha value is -0.0900. The molecule has 3 nitrogen and oxygen atoms in total. The predicted molar refractivity (Wildman–Crippen MR) is 88.9 cm³/mol. The first kappa shape index (κ1) is 17.3. The fraction of sp³-hybridized carbons (Fsp3) is 1.00. The molecule has 5 unspecified atom stereocenters. The molecule has 124 valence electrons. The standard InChI is InChI=1S/C17H33NO2S/c1-12-6-5-7-14(10-12)21(19,20)16-11-13(17(2,3)4)8-9-15(16)18/h12-16H,5-11,18H2,1-4H3. The average Bonchev–Trinajstić information content (AvgIpc) is 2.37. The van der Waals surface area contributed by atoms with Crippen molar-refractivity contribution >= 4 is 9.84 Å². The van der Waals surface area contributed by atoms with Gasteiger partial charge >= 0.3 is 0 Å². The number of hydrogen-bond donors (Lipinski definition) is 1. The van der Waals surface area contributed by atoms with Crippen LogP contribution in [0.1, 0.15) is 72.6 Å². The van der Waals surface area contributed by atoms with Gasteiger partial charge in [0.1, 0.15) is 0 Å². The fourth-order valence-corrected chi connectivity index (χ4v) is 6.95. The molecule has 21 heavy (non-hydrogen) atoms. The molecule has 2 saturated carbocycles. The lowest BCUT2D eigenvalue weighted by Gasteiger charge is -2.42. The second kappa shape index (κ2) is 6.19. The van der Waals surface area contributed by atoms with Crippen LogP contribution in [0.2, 0.25) is 0 Å². The summed E-state index contributed by atoms with van der Waals surface area (Å²) in [6.45, 7) is 8.85. The van der Waals surface area contributed by atoms with Gasteiger partial charge < -0.3 is 5.73 Å². The van der Waals surface area contributed by atoms with Crippen LogP contribution in [0, 0.1) is 17.3 Å². The van der Waals surface area contributed by atoms with Crippen LogP contribution in [-0.4, -0.2) is 25.0 Å². The molecular formula is C17H33NO2S. The zero-order chi connectivity index (χ0) is 15.8. The molecule has 0 aromatic carbocycles. The molecule has 0 heterocycles. The third-order valence-corrected chi connectivity index (χ3v) is 8.59. The number of nitrogens with two attached hydrogens (primary N) is 1. The van der Waals surface area contributed by atoms with E-state index in [1.807, 2.05) is 0 Å². The zero-order valence-corrected chi connectivity index (χ0v) is 15.0. The van der Waals surface area contributed by atoms with Gasteiger partial charge in [-0.25, -0.2) is 8.42 Å². The topological polar surface area (TPSA) is 60.2 Å². The first-order chi connectivity index (χ1) is 9.62. The lowest BCUT2D eigenvalue weighted by molar-refractivity contribution is 0.171. The molecular weight excluding hydrogens is 282 g/mol. The van der Waals surface area contributed by atoms with Crippen molar-refractivity contribution in [3.05, 3.63) is 0 Å². The molecule has 0 aromatic heterocycles. The lowest BCUT2D eigenvalue weighted by Crippen LogP contribution is -2.50. The van der Waals surface area contributed by atoms with E-state index in [4.69, 9.17) is 5.73 Å². The Balaban J connectivity index is 2.17. The zero-order valence-electron chi connectivity index (χ0n) is 14.1. The maximum absolute atomic E-state index is 13.1. The van der Waals surface area contributed by atoms with E-state index in [-0.39, 0.29) is 22.0 Å². The molecule has 0 radical (unpaired) electrons. The van der Waals surface area contributed by atoms with Crippen molar-refractivity contribution in [1.29, 1.82) is 0 Å². The van der Waals surface area contributed by atoms with Crippen molar-refractivity contribution in [3.63, 3.8) is 0 Å². The maximum atomic E-state index is 13.1. The molecule has 2 rings (SSSR count). The van der Waals surface area contributed by atoms with Crippen molar-refractivity contribution < 1.29 is 8.42 Å². The molecule has 2 aliphatic carbocycles. The Morgan fingerprint density at radius 1 is 1.00 bits per heavy atom. The van der Waals surface area contributed by atoms with Crippen LogP contribution in [0.4, 0.5) is 0 Å². The molecule has 0 amide bonds. The molecule has 2 fully saturated rings. The Bertz CT molecular complexity index is 452. The lowest BCUT2D eigenvalue weighted by atomic mass is 9.71. The summed E-state index contributed by atoms with van der Waals surface area (Å²) in [6, 6.07) is -0.161. The van der Waals surface area contributed by atoms with Gasteiger partial charge in [-0.1, -0.05) is 40.5 Å². The van der Waals surface area contributed by atoms with E-state index in [9.17, 15) is 8.42 Å². The minimum atomic E-state index is -3.09. The summed E-state index contributed by atoms with van der Waals surface area (Å²) in [4.78, 5) is 0. The molecule has 0 bridgehead atoms. The SMILES string of the molecule is CC1CCCC(S(=O)(=O)C2CC(C(C)(C)C)CCC2N)C1. The van der Waals surface area contributed by atoms with Crippen LogP contribution in [0.15, 0.2) is 0 Å². The summed E-state index contributed by atoms with van der Waals surface area (Å²) in [5, 5.41) is -0.457. The second-order valence-electron chi connectivity index (χ2n) is 8.56. The highest BCUT2D eigenvalue weighted by Crippen LogP contribution is 2.41. The maximum Gasteiger partial charge on any atom is 0.157 e. The molecule has 0 spiro atoms. The smallest absolute Gasteiger partial charge is 0.157 e. The summed E-state index contributed by atoms with van der Waals surface area (Å²) < 4.78 is 26.2. The molecule has 5 atom stereocenters. The van der Waals surface area contributed by atoms with Gasteiger partial charge in [-0.05, 0) is 49.4 Å². The van der Waals surface area contributed by atoms with E-state index >= 15 is 0 Å². The number of sulfone groups is 1. The van der Waals surface area contributed by atoms with Crippen LogP contribution in [0.25, 0.3) is 0 Å². The van der Waals surface area contributed by atoms with E-state index < -0.39 is 9.84 Å². The van der Waals surface area contributed by atoms with Gasteiger partial charge in [0.2, 0.25) is 0 Å². The predicted octanol–water partition coefficient (Wildman–Crippen LogP) is 3.52. The summed E-state index contributed by atoms with van der Waals surface area (Å²) in [5.74, 6) is 1.01. The molecule has 0 aromatic rings. The minimum absolute atomic E-state index is 0.143. The van der Waals surface area contributed by atoms with Crippen LogP contribution in [-0.2, 0) is 9.84 Å². The summed E-state index contributed by atoms with van der Waals surface area (Å²) in [6.07, 6.45) is 6.59. The monoisotopic (exact) mass is 315 g/mol. The second-order valence-corrected chi connectivity index (χ2v) is 11.0. The Morgan fingerprint density at radius 2 is 1.67 bits per heavy atom. The van der Waals surface area contributed by atoms with E-state index in [1.165, 1.54) is 6.42 Å². The van der Waals surface area contributed by atoms with Crippen LogP contribution >= 0.6 is 0 Å². The van der Waals surface area contributed by atoms with Gasteiger partial charge in [-0.15, -0.1) is 0 Å². The molecule has 2 N–H and O–H groups in total. The highest BCUT2D eigenvalue weighted by Gasteiger charge is 2.44. The van der Waals surface area contributed by atoms with E-state index in [2.05, 4.69) is 27.7 Å². The summed E-state index contributed by atoms with van der Waals surface area (Å²) >= 11 is 0. The summed E-state index contributed by atoms with van der Waals surface area (Å²) in [7, 11) is -3.09. The van der Waals surface area contributed by atoms with Crippen molar-refractivity contribution in [1.82, 2.24) is 0 Å². The van der Waals surface area contributed by atoms with E-state index in [0.717, 1.165) is 38.5 Å². The van der Waals surface area contributed by atoms with Crippen molar-refractivity contribution in [2.45, 2.75) is 89.2 Å². The minimum Gasteiger partial charge on any atom is -0.327 e. The Kier molecular flexibility index (Phi) is 5.09. The van der Waals surface area contributed by atoms with Gasteiger partial charge in [0.05, 0.1) is 10.5 Å². The van der Waals surface area contributed by atoms with Crippen molar-refractivity contribution in [3.8, 4) is 0 Å². The fourth-order valence-electron chi connectivity index (χ4n) is 4.24. The highest BCUT2D eigenvalue weighted by molar-refractivity contribution is 7.92. The third-order valence-electron chi connectivity index (χ3n) is 5.84. The first-order valence-corrected chi connectivity index (χ1v) is 10.2. The van der Waals surface area contributed by atoms with Gasteiger partial charge in [0.25, 0.3) is 0 Å². The van der Waals surface area contributed by atoms with Gasteiger partial charge in [-0.2, -0.15) is 0 Å². The first-order valence-electron chi connectivity index (χ1n) is 8.60. The van der Waals surface area contributed by atoms with Crippen molar-refractivity contribution in [2.24, 2.45) is 23.0 Å². The summed E-state index contributed by atoms with van der Waals surface area (Å²) in [5.41, 5.74) is 6.41. The molecule has 2 aliphatic rings. The van der Waals surface area contributed by atoms with Crippen molar-refractivity contribution in [2.75, 3.05) is 0 Å². The van der Waals surface area contributed by atoms with Crippen LogP contribution in [0.3, 0.4) is 0 Å². The quantitative estimate of drug-likeness (QED) is 0.848. The Morgan fingerprint density at radius 3 is 2.24 bits per heavy atom. The van der Waals surface area contributed by atoms with E-state index in [1.54, 1.807) is 0 Å². The van der Waals surface area contributed by atoms with Crippen LogP contribution < -0.4 is 5.73 Å². The van der Waals surface area contributed by atoms with Gasteiger partial charge in [0, 0.05) is 6.04 Å². The normalized spacial score (nSPS) is 39.2.